The van der Waals surface area contributed by atoms with Gasteiger partial charge in [-0.2, -0.15) is 0 Å². The second kappa shape index (κ2) is 60.9. The van der Waals surface area contributed by atoms with Crippen LogP contribution in [0.2, 0.25) is 0 Å². The fourth-order valence-electron chi connectivity index (χ4n) is 8.97. The molecular formula is C65H118O5. The maximum absolute atomic E-state index is 12.9. The molecule has 0 saturated carbocycles. The topological polar surface area (TPSA) is 61.8 Å². The van der Waals surface area contributed by atoms with Crippen molar-refractivity contribution in [2.75, 3.05) is 19.8 Å². The number of hydrogen-bond acceptors (Lipinski definition) is 5. The van der Waals surface area contributed by atoms with Gasteiger partial charge in [0.1, 0.15) is 6.61 Å². The molecule has 0 saturated heterocycles. The van der Waals surface area contributed by atoms with Crippen molar-refractivity contribution in [2.45, 2.75) is 322 Å². The maximum atomic E-state index is 12.9. The highest BCUT2D eigenvalue weighted by Gasteiger charge is 2.17. The second-order valence-corrected chi connectivity index (χ2v) is 20.6. The summed E-state index contributed by atoms with van der Waals surface area (Å²) in [6.07, 6.45) is 78.2. The molecule has 0 N–H and O–H groups in total. The second-order valence-electron chi connectivity index (χ2n) is 20.6. The third-order valence-electron chi connectivity index (χ3n) is 13.5. The molecule has 0 rings (SSSR count). The van der Waals surface area contributed by atoms with E-state index in [1.807, 2.05) is 0 Å². The molecule has 70 heavy (non-hydrogen) atoms. The van der Waals surface area contributed by atoms with Gasteiger partial charge in [-0.1, -0.05) is 281 Å². The van der Waals surface area contributed by atoms with Crippen LogP contribution in [0.15, 0.2) is 60.8 Å². The summed E-state index contributed by atoms with van der Waals surface area (Å²) in [4.78, 5) is 25.6. The first-order valence-corrected chi connectivity index (χ1v) is 30.8. The van der Waals surface area contributed by atoms with E-state index >= 15 is 0 Å². The lowest BCUT2D eigenvalue weighted by Gasteiger charge is -2.18. The molecule has 0 heterocycles. The van der Waals surface area contributed by atoms with E-state index in [0.717, 1.165) is 70.6 Å². The van der Waals surface area contributed by atoms with Crippen LogP contribution in [-0.4, -0.2) is 37.9 Å². The molecule has 0 bridgehead atoms. The SMILES string of the molecule is CC/C=C\C/C=C\C/C=C\CCCCCCCCCC(=O)OC(COCCCCCCCCCCCCCCCCCCCC)COC(=O)CCCCCCCCCCC/C=C\C/C=C\CCCCC. The minimum absolute atomic E-state index is 0.0815. The third-order valence-corrected chi connectivity index (χ3v) is 13.5. The highest BCUT2D eigenvalue weighted by atomic mass is 16.6. The van der Waals surface area contributed by atoms with E-state index in [-0.39, 0.29) is 25.2 Å². The normalized spacial score (nSPS) is 12.6. The molecule has 0 spiro atoms. The summed E-state index contributed by atoms with van der Waals surface area (Å²) < 4.78 is 17.5. The molecule has 0 aromatic heterocycles. The van der Waals surface area contributed by atoms with Crippen molar-refractivity contribution in [3.05, 3.63) is 60.8 Å². The van der Waals surface area contributed by atoms with E-state index in [4.69, 9.17) is 14.2 Å². The van der Waals surface area contributed by atoms with Crippen molar-refractivity contribution in [3.63, 3.8) is 0 Å². The van der Waals surface area contributed by atoms with Crippen molar-refractivity contribution in [1.82, 2.24) is 0 Å². The minimum atomic E-state index is -0.543. The van der Waals surface area contributed by atoms with Crippen molar-refractivity contribution < 1.29 is 23.8 Å². The van der Waals surface area contributed by atoms with Gasteiger partial charge in [0.15, 0.2) is 6.10 Å². The zero-order valence-corrected chi connectivity index (χ0v) is 47.0. The molecule has 0 aromatic rings. The molecule has 0 aromatic carbocycles. The van der Waals surface area contributed by atoms with Gasteiger partial charge >= 0.3 is 11.9 Å². The molecule has 1 atom stereocenters. The van der Waals surface area contributed by atoms with E-state index < -0.39 is 6.10 Å². The Morgan fingerprint density at radius 3 is 1.06 bits per heavy atom. The first kappa shape index (κ1) is 67.6. The maximum Gasteiger partial charge on any atom is 0.306 e. The summed E-state index contributed by atoms with van der Waals surface area (Å²) in [5.41, 5.74) is 0. The monoisotopic (exact) mass is 979 g/mol. The van der Waals surface area contributed by atoms with Gasteiger partial charge in [-0.25, -0.2) is 0 Å². The number of unbranched alkanes of at least 4 members (excludes halogenated alkanes) is 36. The highest BCUT2D eigenvalue weighted by Crippen LogP contribution is 2.17. The van der Waals surface area contributed by atoms with Gasteiger partial charge in [0.05, 0.1) is 6.61 Å². The van der Waals surface area contributed by atoms with E-state index in [9.17, 15) is 9.59 Å². The summed E-state index contributed by atoms with van der Waals surface area (Å²) in [7, 11) is 0. The average Bonchev–Trinajstić information content (AvgIpc) is 3.36. The van der Waals surface area contributed by atoms with Gasteiger partial charge < -0.3 is 14.2 Å². The van der Waals surface area contributed by atoms with Crippen LogP contribution in [0.1, 0.15) is 316 Å². The van der Waals surface area contributed by atoms with E-state index in [1.165, 1.54) is 212 Å². The number of hydrogen-bond donors (Lipinski definition) is 0. The summed E-state index contributed by atoms with van der Waals surface area (Å²) in [6, 6.07) is 0. The van der Waals surface area contributed by atoms with Crippen LogP contribution in [-0.2, 0) is 23.8 Å². The number of ether oxygens (including phenoxy) is 3. The summed E-state index contributed by atoms with van der Waals surface area (Å²) in [5, 5.41) is 0. The summed E-state index contributed by atoms with van der Waals surface area (Å²) in [6.45, 7) is 7.74. The quantitative estimate of drug-likeness (QED) is 0.0345. The molecule has 0 aliphatic rings. The van der Waals surface area contributed by atoms with Crippen molar-refractivity contribution >= 4 is 11.9 Å². The Hall–Kier alpha value is -2.40. The molecule has 1 unspecified atom stereocenters. The number of carbonyl (C=O) groups excluding carboxylic acids is 2. The Labute approximate surface area is 436 Å². The van der Waals surface area contributed by atoms with Gasteiger partial charge in [0.2, 0.25) is 0 Å². The lowest BCUT2D eigenvalue weighted by Crippen LogP contribution is -2.30. The third kappa shape index (κ3) is 58.2. The van der Waals surface area contributed by atoms with Crippen LogP contribution >= 0.6 is 0 Å². The molecule has 5 nitrogen and oxygen atoms in total. The predicted molar refractivity (Wildman–Crippen MR) is 307 cm³/mol. The molecule has 0 amide bonds. The van der Waals surface area contributed by atoms with E-state index in [2.05, 4.69) is 81.5 Å². The Bertz CT molecular complexity index is 1200. The van der Waals surface area contributed by atoms with Gasteiger partial charge in [-0.15, -0.1) is 0 Å². The van der Waals surface area contributed by atoms with Gasteiger partial charge in [0, 0.05) is 19.4 Å². The van der Waals surface area contributed by atoms with Crippen molar-refractivity contribution in [2.24, 2.45) is 0 Å². The van der Waals surface area contributed by atoms with Crippen LogP contribution in [0, 0.1) is 0 Å². The summed E-state index contributed by atoms with van der Waals surface area (Å²) >= 11 is 0. The summed E-state index contributed by atoms with van der Waals surface area (Å²) in [5.74, 6) is -0.397. The minimum Gasteiger partial charge on any atom is -0.462 e. The zero-order chi connectivity index (χ0) is 50.6. The smallest absolute Gasteiger partial charge is 0.306 e. The Kier molecular flexibility index (Phi) is 58.8. The number of rotatable bonds is 57. The van der Waals surface area contributed by atoms with E-state index in [0.29, 0.717) is 19.4 Å². The molecule has 0 aliphatic heterocycles. The van der Waals surface area contributed by atoms with Crippen LogP contribution in [0.5, 0.6) is 0 Å². The van der Waals surface area contributed by atoms with Crippen molar-refractivity contribution in [3.8, 4) is 0 Å². The standard InChI is InChI=1S/C65H118O5/c1-4-7-10-13-16-19-22-25-28-31-33-35-37-40-43-46-49-52-55-58-64(66)69-62-63(61-68-60-57-54-51-48-45-42-39-36-32-29-26-23-20-17-14-11-8-5-2)70-65(67)59-56-53-50-47-44-41-38-34-30-27-24-21-18-15-12-9-6-3/h9,12,16,18-19,21,25,27-28,30,63H,4-8,10-11,13-15,17,20,22-24,26,29,31-62H2,1-3H3/b12-9-,19-16-,21-18-,28-25-,30-27-. The van der Waals surface area contributed by atoms with Gasteiger partial charge in [-0.05, 0) is 83.5 Å². The fourth-order valence-corrected chi connectivity index (χ4v) is 8.97. The van der Waals surface area contributed by atoms with Crippen LogP contribution in [0.4, 0.5) is 0 Å². The number of carbonyl (C=O) groups is 2. The molecule has 0 fully saturated rings. The Morgan fingerprint density at radius 2 is 0.643 bits per heavy atom. The van der Waals surface area contributed by atoms with Crippen molar-refractivity contribution in [1.29, 1.82) is 0 Å². The predicted octanol–water partition coefficient (Wildman–Crippen LogP) is 21.2. The first-order chi connectivity index (χ1) is 34.6. The van der Waals surface area contributed by atoms with Gasteiger partial charge in [0.25, 0.3) is 0 Å². The zero-order valence-electron chi connectivity index (χ0n) is 47.0. The number of esters is 2. The molecule has 408 valence electrons. The molecule has 0 aliphatic carbocycles. The Balaban J connectivity index is 4.26. The van der Waals surface area contributed by atoms with Crippen LogP contribution < -0.4 is 0 Å². The fraction of sp³-hybridized carbons (Fsp3) is 0.815. The lowest BCUT2D eigenvalue weighted by molar-refractivity contribution is -0.163. The average molecular weight is 980 g/mol. The first-order valence-electron chi connectivity index (χ1n) is 30.8. The van der Waals surface area contributed by atoms with Gasteiger partial charge in [-0.3, -0.25) is 9.59 Å². The van der Waals surface area contributed by atoms with E-state index in [1.54, 1.807) is 0 Å². The largest absolute Gasteiger partial charge is 0.462 e. The number of allylic oxidation sites excluding steroid dienone is 10. The Morgan fingerprint density at radius 1 is 0.329 bits per heavy atom. The molecular weight excluding hydrogens is 861 g/mol. The van der Waals surface area contributed by atoms with Crippen LogP contribution in [0.3, 0.4) is 0 Å². The lowest BCUT2D eigenvalue weighted by atomic mass is 10.0. The van der Waals surface area contributed by atoms with Crippen LogP contribution in [0.25, 0.3) is 0 Å². The molecule has 0 radical (unpaired) electrons. The highest BCUT2D eigenvalue weighted by molar-refractivity contribution is 5.70. The molecule has 5 heteroatoms.